The third kappa shape index (κ3) is 3.76. The average molecular weight is 407 g/mol. The Morgan fingerprint density at radius 3 is 2.31 bits per heavy atom. The second kappa shape index (κ2) is 7.72. The molecule has 1 amide bonds. The van der Waals surface area contributed by atoms with E-state index in [0.717, 1.165) is 23.2 Å². The van der Waals surface area contributed by atoms with Crippen LogP contribution in [0.25, 0.3) is 0 Å². The van der Waals surface area contributed by atoms with Gasteiger partial charge in [-0.2, -0.15) is 0 Å². The van der Waals surface area contributed by atoms with Crippen LogP contribution < -0.4 is 9.21 Å². The number of sulfonamides is 1. The normalized spacial score (nSPS) is 13.2. The molecular formula is C23H22N2O3S. The number of rotatable bonds is 5. The minimum absolute atomic E-state index is 0.168. The molecule has 29 heavy (non-hydrogen) atoms. The number of carbonyl (C=O) groups excluding carboxylic acids is 1. The zero-order valence-electron chi connectivity index (χ0n) is 16.2. The van der Waals surface area contributed by atoms with Crippen molar-refractivity contribution < 1.29 is 13.2 Å². The van der Waals surface area contributed by atoms with Gasteiger partial charge in [0, 0.05) is 12.2 Å². The monoisotopic (exact) mass is 406 g/mol. The molecule has 0 unspecified atom stereocenters. The van der Waals surface area contributed by atoms with Gasteiger partial charge in [0.2, 0.25) is 5.91 Å². The van der Waals surface area contributed by atoms with Crippen molar-refractivity contribution in [1.82, 2.24) is 0 Å². The number of benzene rings is 3. The van der Waals surface area contributed by atoms with Crippen molar-refractivity contribution in [2.75, 3.05) is 22.3 Å². The van der Waals surface area contributed by atoms with Crippen LogP contribution in [0.15, 0.2) is 83.8 Å². The van der Waals surface area contributed by atoms with E-state index in [9.17, 15) is 13.2 Å². The molecule has 1 aliphatic rings. The SMILES string of the molecule is Cc1ccc(S(=O)(=O)N(CC(=O)N2CCc3ccccc32)c2ccccc2)cc1. The van der Waals surface area contributed by atoms with E-state index in [0.29, 0.717) is 12.2 Å². The smallest absolute Gasteiger partial charge is 0.264 e. The minimum atomic E-state index is -3.89. The molecule has 0 fully saturated rings. The lowest BCUT2D eigenvalue weighted by molar-refractivity contribution is -0.117. The summed E-state index contributed by atoms with van der Waals surface area (Å²) in [6.45, 7) is 2.21. The standard InChI is InChI=1S/C23H22N2O3S/c1-18-11-13-21(14-12-18)29(27,28)25(20-8-3-2-4-9-20)17-23(26)24-16-15-19-7-5-6-10-22(19)24/h2-14H,15-17H2,1H3. The van der Waals surface area contributed by atoms with Gasteiger partial charge in [0.25, 0.3) is 10.0 Å². The van der Waals surface area contributed by atoms with Crippen molar-refractivity contribution in [1.29, 1.82) is 0 Å². The second-order valence-corrected chi connectivity index (χ2v) is 8.95. The van der Waals surface area contributed by atoms with E-state index < -0.39 is 10.0 Å². The summed E-state index contributed by atoms with van der Waals surface area (Å²) in [5.41, 5.74) is 3.40. The predicted octanol–water partition coefficient (Wildman–Crippen LogP) is 3.78. The molecular weight excluding hydrogens is 384 g/mol. The van der Waals surface area contributed by atoms with Crippen molar-refractivity contribution in [3.8, 4) is 0 Å². The maximum Gasteiger partial charge on any atom is 0.264 e. The van der Waals surface area contributed by atoms with E-state index >= 15 is 0 Å². The number of carbonyl (C=O) groups is 1. The fourth-order valence-corrected chi connectivity index (χ4v) is 4.97. The molecule has 0 saturated carbocycles. The molecule has 0 aliphatic carbocycles. The molecule has 0 bridgehead atoms. The summed E-state index contributed by atoms with van der Waals surface area (Å²) >= 11 is 0. The summed E-state index contributed by atoms with van der Waals surface area (Å²) in [5, 5.41) is 0. The molecule has 1 aliphatic heterocycles. The fourth-order valence-electron chi connectivity index (χ4n) is 3.55. The van der Waals surface area contributed by atoms with Gasteiger partial charge < -0.3 is 4.90 Å². The number of hydrogen-bond donors (Lipinski definition) is 0. The summed E-state index contributed by atoms with van der Waals surface area (Å²) in [5.74, 6) is -0.241. The molecule has 0 aromatic heterocycles. The van der Waals surface area contributed by atoms with E-state index in [1.165, 1.54) is 4.31 Å². The average Bonchev–Trinajstić information content (AvgIpc) is 3.17. The van der Waals surface area contributed by atoms with Crippen LogP contribution in [-0.4, -0.2) is 27.4 Å². The van der Waals surface area contributed by atoms with Gasteiger partial charge >= 0.3 is 0 Å². The van der Waals surface area contributed by atoms with Crippen molar-refractivity contribution in [3.63, 3.8) is 0 Å². The van der Waals surface area contributed by atoms with Crippen LogP contribution in [0.4, 0.5) is 11.4 Å². The van der Waals surface area contributed by atoms with Crippen LogP contribution in [-0.2, 0) is 21.2 Å². The summed E-state index contributed by atoms with van der Waals surface area (Å²) in [6, 6.07) is 23.2. The van der Waals surface area contributed by atoms with Gasteiger partial charge in [-0.05, 0) is 49.2 Å². The van der Waals surface area contributed by atoms with Gasteiger partial charge in [-0.1, -0.05) is 54.1 Å². The number of anilines is 2. The number of nitrogens with zero attached hydrogens (tertiary/aromatic N) is 2. The highest BCUT2D eigenvalue weighted by Gasteiger charge is 2.31. The van der Waals surface area contributed by atoms with Gasteiger partial charge in [0.1, 0.15) is 6.54 Å². The Hall–Kier alpha value is -3.12. The van der Waals surface area contributed by atoms with E-state index in [4.69, 9.17) is 0 Å². The van der Waals surface area contributed by atoms with Crippen molar-refractivity contribution in [2.45, 2.75) is 18.2 Å². The molecule has 4 rings (SSSR count). The number of fused-ring (bicyclic) bond motifs is 1. The Balaban J connectivity index is 1.69. The summed E-state index contributed by atoms with van der Waals surface area (Å²) in [4.78, 5) is 15.0. The predicted molar refractivity (Wildman–Crippen MR) is 115 cm³/mol. The zero-order valence-corrected chi connectivity index (χ0v) is 17.0. The van der Waals surface area contributed by atoms with Gasteiger partial charge in [0.05, 0.1) is 10.6 Å². The number of para-hydroxylation sites is 2. The first kappa shape index (κ1) is 19.2. The molecule has 0 radical (unpaired) electrons. The van der Waals surface area contributed by atoms with Crippen molar-refractivity contribution in [3.05, 3.63) is 90.0 Å². The van der Waals surface area contributed by atoms with Crippen LogP contribution in [0.3, 0.4) is 0 Å². The molecule has 5 nitrogen and oxygen atoms in total. The highest BCUT2D eigenvalue weighted by molar-refractivity contribution is 7.92. The van der Waals surface area contributed by atoms with Gasteiger partial charge in [-0.25, -0.2) is 8.42 Å². The largest absolute Gasteiger partial charge is 0.310 e. The van der Waals surface area contributed by atoms with Crippen LogP contribution in [0.2, 0.25) is 0 Å². The first-order valence-corrected chi connectivity index (χ1v) is 10.9. The Bertz CT molecular complexity index is 1130. The third-order valence-corrected chi connectivity index (χ3v) is 6.91. The number of aryl methyl sites for hydroxylation is 1. The number of hydrogen-bond acceptors (Lipinski definition) is 3. The lowest BCUT2D eigenvalue weighted by Crippen LogP contribution is -2.42. The summed E-state index contributed by atoms with van der Waals surface area (Å²) in [7, 11) is -3.89. The Labute approximate surface area is 171 Å². The highest BCUT2D eigenvalue weighted by Crippen LogP contribution is 2.29. The first-order valence-electron chi connectivity index (χ1n) is 9.49. The highest BCUT2D eigenvalue weighted by atomic mass is 32.2. The summed E-state index contributed by atoms with van der Waals surface area (Å²) in [6.07, 6.45) is 0.776. The van der Waals surface area contributed by atoms with E-state index in [2.05, 4.69) is 0 Å². The first-order chi connectivity index (χ1) is 14.0. The Morgan fingerprint density at radius 2 is 1.59 bits per heavy atom. The maximum atomic E-state index is 13.4. The molecule has 0 saturated heterocycles. The summed E-state index contributed by atoms with van der Waals surface area (Å²) < 4.78 is 28.0. The number of amides is 1. The van der Waals surface area contributed by atoms with Gasteiger partial charge in [0.15, 0.2) is 0 Å². The second-order valence-electron chi connectivity index (χ2n) is 7.08. The molecule has 0 atom stereocenters. The van der Waals surface area contributed by atoms with E-state index in [1.807, 2.05) is 37.3 Å². The lowest BCUT2D eigenvalue weighted by Gasteiger charge is -2.27. The van der Waals surface area contributed by atoms with E-state index in [-0.39, 0.29) is 17.3 Å². The Kier molecular flexibility index (Phi) is 5.11. The van der Waals surface area contributed by atoms with Crippen LogP contribution >= 0.6 is 0 Å². The van der Waals surface area contributed by atoms with E-state index in [1.54, 1.807) is 53.4 Å². The Morgan fingerprint density at radius 1 is 0.931 bits per heavy atom. The third-order valence-electron chi connectivity index (χ3n) is 5.12. The minimum Gasteiger partial charge on any atom is -0.310 e. The topological polar surface area (TPSA) is 57.7 Å². The molecule has 148 valence electrons. The maximum absolute atomic E-state index is 13.4. The lowest BCUT2D eigenvalue weighted by atomic mass is 10.2. The van der Waals surface area contributed by atoms with Crippen LogP contribution in [0.1, 0.15) is 11.1 Å². The quantitative estimate of drug-likeness (QED) is 0.648. The molecule has 0 N–H and O–H groups in total. The molecule has 3 aromatic rings. The van der Waals surface area contributed by atoms with Crippen molar-refractivity contribution >= 4 is 27.3 Å². The van der Waals surface area contributed by atoms with Crippen LogP contribution in [0.5, 0.6) is 0 Å². The molecule has 6 heteroatoms. The molecule has 0 spiro atoms. The van der Waals surface area contributed by atoms with Gasteiger partial charge in [-0.3, -0.25) is 9.10 Å². The fraction of sp³-hybridized carbons (Fsp3) is 0.174. The van der Waals surface area contributed by atoms with Crippen molar-refractivity contribution in [2.24, 2.45) is 0 Å². The van der Waals surface area contributed by atoms with Gasteiger partial charge in [-0.15, -0.1) is 0 Å². The molecule has 1 heterocycles. The van der Waals surface area contributed by atoms with Crippen LogP contribution in [0, 0.1) is 6.92 Å². The molecule has 3 aromatic carbocycles. The zero-order chi connectivity index (χ0) is 20.4.